The summed E-state index contributed by atoms with van der Waals surface area (Å²) in [5, 5.41) is 6.76. The Balaban J connectivity index is 2.28. The van der Waals surface area contributed by atoms with Gasteiger partial charge in [-0.2, -0.15) is 5.10 Å². The minimum absolute atomic E-state index is 0.0585. The van der Waals surface area contributed by atoms with Gasteiger partial charge in [-0.05, 0) is 6.42 Å². The second-order valence-electron chi connectivity index (χ2n) is 3.48. The lowest BCUT2D eigenvalue weighted by Crippen LogP contribution is -2.31. The van der Waals surface area contributed by atoms with Crippen LogP contribution in [0.25, 0.3) is 0 Å². The maximum Gasteiger partial charge on any atom is 0.221 e. The summed E-state index contributed by atoms with van der Waals surface area (Å²) in [4.78, 5) is 15.3. The van der Waals surface area contributed by atoms with Crippen LogP contribution in [0.3, 0.4) is 0 Å². The second kappa shape index (κ2) is 5.45. The first-order chi connectivity index (χ1) is 7.11. The molecule has 0 spiro atoms. The van der Waals surface area contributed by atoms with Crippen molar-refractivity contribution in [3.8, 4) is 0 Å². The third kappa shape index (κ3) is 4.07. The number of carbonyl (C=O) groups is 1. The van der Waals surface area contributed by atoms with Crippen LogP contribution in [-0.2, 0) is 18.4 Å². The highest BCUT2D eigenvalue weighted by Gasteiger charge is 2.07. The van der Waals surface area contributed by atoms with Gasteiger partial charge in [0.25, 0.3) is 0 Å². The number of aryl methyl sites for hydroxylation is 1. The molecule has 6 heteroatoms. The molecule has 84 valence electrons. The Labute approximate surface area is 88.9 Å². The van der Waals surface area contributed by atoms with Crippen molar-refractivity contribution in [3.05, 3.63) is 12.2 Å². The molecule has 6 nitrogen and oxygen atoms in total. The Bertz CT molecular complexity index is 322. The van der Waals surface area contributed by atoms with E-state index >= 15 is 0 Å². The van der Waals surface area contributed by atoms with E-state index in [1.54, 1.807) is 18.1 Å². The first-order valence-corrected chi connectivity index (χ1v) is 4.98. The standard InChI is InChI=1S/C9H17N5O/c1-3-7(10)4-9(15)11-5-8-12-6-14(2)13-8/h6-7H,3-5,10H2,1-2H3,(H,11,15). The average Bonchev–Trinajstić information content (AvgIpc) is 2.61. The van der Waals surface area contributed by atoms with Crippen LogP contribution in [0.5, 0.6) is 0 Å². The summed E-state index contributed by atoms with van der Waals surface area (Å²) in [6.45, 7) is 2.31. The molecule has 0 radical (unpaired) electrons. The molecule has 15 heavy (non-hydrogen) atoms. The number of aromatic nitrogens is 3. The maximum absolute atomic E-state index is 11.3. The molecule has 0 saturated heterocycles. The van der Waals surface area contributed by atoms with E-state index in [0.717, 1.165) is 6.42 Å². The van der Waals surface area contributed by atoms with Crippen LogP contribution in [-0.4, -0.2) is 26.7 Å². The lowest BCUT2D eigenvalue weighted by molar-refractivity contribution is -0.121. The fourth-order valence-corrected chi connectivity index (χ4v) is 1.10. The van der Waals surface area contributed by atoms with Crippen LogP contribution in [0.2, 0.25) is 0 Å². The van der Waals surface area contributed by atoms with Gasteiger partial charge in [-0.3, -0.25) is 9.48 Å². The van der Waals surface area contributed by atoms with E-state index in [4.69, 9.17) is 5.73 Å². The fourth-order valence-electron chi connectivity index (χ4n) is 1.10. The Kier molecular flexibility index (Phi) is 4.23. The quantitative estimate of drug-likeness (QED) is 0.691. The molecule has 0 saturated carbocycles. The van der Waals surface area contributed by atoms with E-state index in [2.05, 4.69) is 15.4 Å². The summed E-state index contributed by atoms with van der Waals surface area (Å²) >= 11 is 0. The zero-order valence-corrected chi connectivity index (χ0v) is 9.10. The minimum atomic E-state index is -0.0679. The molecule has 1 aromatic rings. The largest absolute Gasteiger partial charge is 0.349 e. The monoisotopic (exact) mass is 211 g/mol. The summed E-state index contributed by atoms with van der Waals surface area (Å²) in [5.74, 6) is 0.549. The van der Waals surface area contributed by atoms with Crippen molar-refractivity contribution in [2.24, 2.45) is 12.8 Å². The zero-order valence-electron chi connectivity index (χ0n) is 9.10. The van der Waals surface area contributed by atoms with Crippen molar-refractivity contribution < 1.29 is 4.79 Å². The molecule has 0 fully saturated rings. The molecule has 1 atom stereocenters. The summed E-state index contributed by atoms with van der Waals surface area (Å²) in [7, 11) is 1.78. The number of hydrogen-bond acceptors (Lipinski definition) is 4. The number of nitrogens with two attached hydrogens (primary N) is 1. The molecule has 0 aromatic carbocycles. The number of amides is 1. The Hall–Kier alpha value is -1.43. The molecule has 1 aromatic heterocycles. The molecule has 3 N–H and O–H groups in total. The Morgan fingerprint density at radius 1 is 1.73 bits per heavy atom. The van der Waals surface area contributed by atoms with Gasteiger partial charge in [0.05, 0.1) is 6.54 Å². The van der Waals surface area contributed by atoms with Crippen LogP contribution in [0.1, 0.15) is 25.6 Å². The maximum atomic E-state index is 11.3. The van der Waals surface area contributed by atoms with E-state index in [1.807, 2.05) is 6.92 Å². The Morgan fingerprint density at radius 3 is 3.00 bits per heavy atom. The van der Waals surface area contributed by atoms with Gasteiger partial charge in [0.1, 0.15) is 6.33 Å². The third-order valence-corrected chi connectivity index (χ3v) is 2.06. The van der Waals surface area contributed by atoms with Crippen molar-refractivity contribution >= 4 is 5.91 Å². The fraction of sp³-hybridized carbons (Fsp3) is 0.667. The molecule has 0 aliphatic heterocycles. The molecule has 0 bridgehead atoms. The van der Waals surface area contributed by atoms with Gasteiger partial charge in [0.15, 0.2) is 5.82 Å². The van der Waals surface area contributed by atoms with E-state index in [0.29, 0.717) is 18.8 Å². The van der Waals surface area contributed by atoms with Crippen molar-refractivity contribution in [1.29, 1.82) is 0 Å². The number of nitrogens with zero attached hydrogens (tertiary/aromatic N) is 3. The summed E-state index contributed by atoms with van der Waals surface area (Å²) < 4.78 is 1.60. The van der Waals surface area contributed by atoms with Crippen molar-refractivity contribution in [3.63, 3.8) is 0 Å². The summed E-state index contributed by atoms with van der Waals surface area (Å²) in [6.07, 6.45) is 2.75. The van der Waals surface area contributed by atoms with Crippen molar-refractivity contribution in [2.75, 3.05) is 0 Å². The number of rotatable bonds is 5. The highest BCUT2D eigenvalue weighted by molar-refractivity contribution is 5.76. The molecular formula is C9H17N5O. The molecule has 1 rings (SSSR count). The van der Waals surface area contributed by atoms with Gasteiger partial charge in [0.2, 0.25) is 5.91 Å². The van der Waals surface area contributed by atoms with Crippen LogP contribution < -0.4 is 11.1 Å². The van der Waals surface area contributed by atoms with Crippen LogP contribution >= 0.6 is 0 Å². The molecular weight excluding hydrogens is 194 g/mol. The van der Waals surface area contributed by atoms with Gasteiger partial charge in [-0.15, -0.1) is 0 Å². The van der Waals surface area contributed by atoms with E-state index < -0.39 is 0 Å². The first-order valence-electron chi connectivity index (χ1n) is 4.98. The van der Waals surface area contributed by atoms with Gasteiger partial charge >= 0.3 is 0 Å². The molecule has 1 amide bonds. The van der Waals surface area contributed by atoms with Gasteiger partial charge in [-0.1, -0.05) is 6.92 Å². The number of carbonyl (C=O) groups excluding carboxylic acids is 1. The lowest BCUT2D eigenvalue weighted by Gasteiger charge is -2.07. The summed E-state index contributed by atoms with van der Waals surface area (Å²) in [5.41, 5.74) is 5.65. The average molecular weight is 211 g/mol. The highest BCUT2D eigenvalue weighted by Crippen LogP contribution is 1.94. The van der Waals surface area contributed by atoms with Crippen LogP contribution in [0.4, 0.5) is 0 Å². The molecule has 0 aliphatic rings. The third-order valence-electron chi connectivity index (χ3n) is 2.06. The van der Waals surface area contributed by atoms with Crippen molar-refractivity contribution in [1.82, 2.24) is 20.1 Å². The zero-order chi connectivity index (χ0) is 11.3. The number of hydrogen-bond donors (Lipinski definition) is 2. The topological polar surface area (TPSA) is 85.8 Å². The lowest BCUT2D eigenvalue weighted by atomic mass is 10.1. The molecule has 0 aliphatic carbocycles. The minimum Gasteiger partial charge on any atom is -0.349 e. The van der Waals surface area contributed by atoms with E-state index in [-0.39, 0.29) is 11.9 Å². The second-order valence-corrected chi connectivity index (χ2v) is 3.48. The van der Waals surface area contributed by atoms with E-state index in [9.17, 15) is 4.79 Å². The van der Waals surface area contributed by atoms with E-state index in [1.165, 1.54) is 0 Å². The van der Waals surface area contributed by atoms with Crippen LogP contribution in [0, 0.1) is 0 Å². The van der Waals surface area contributed by atoms with Gasteiger partial charge < -0.3 is 11.1 Å². The highest BCUT2D eigenvalue weighted by atomic mass is 16.1. The summed E-state index contributed by atoms with van der Waals surface area (Å²) in [6, 6.07) is -0.0679. The predicted octanol–water partition coefficient (Wildman–Crippen LogP) is -0.441. The van der Waals surface area contributed by atoms with Gasteiger partial charge in [-0.25, -0.2) is 4.98 Å². The predicted molar refractivity (Wildman–Crippen MR) is 55.7 cm³/mol. The van der Waals surface area contributed by atoms with Crippen LogP contribution in [0.15, 0.2) is 6.33 Å². The Morgan fingerprint density at radius 2 is 2.47 bits per heavy atom. The first kappa shape index (κ1) is 11.6. The van der Waals surface area contributed by atoms with Gasteiger partial charge in [0, 0.05) is 19.5 Å². The number of nitrogens with one attached hydrogen (secondary N) is 1. The smallest absolute Gasteiger partial charge is 0.221 e. The molecule has 1 heterocycles. The normalized spacial score (nSPS) is 12.5. The SMILES string of the molecule is CCC(N)CC(=O)NCc1ncn(C)n1. The molecule has 1 unspecified atom stereocenters. The van der Waals surface area contributed by atoms with Crippen molar-refractivity contribution in [2.45, 2.75) is 32.4 Å².